The van der Waals surface area contributed by atoms with Gasteiger partial charge in [0, 0.05) is 24.7 Å². The van der Waals surface area contributed by atoms with E-state index in [9.17, 15) is 13.2 Å². The highest BCUT2D eigenvalue weighted by Gasteiger charge is 2.06. The van der Waals surface area contributed by atoms with Crippen molar-refractivity contribution in [3.8, 4) is 6.07 Å². The largest absolute Gasteiger partial charge is 0.308 e. The Morgan fingerprint density at radius 2 is 1.55 bits per heavy atom. The summed E-state index contributed by atoms with van der Waals surface area (Å²) in [4.78, 5) is 0. The van der Waals surface area contributed by atoms with Crippen molar-refractivity contribution in [3.05, 3.63) is 70.5 Å². The number of rotatable bonds is 4. The molecule has 0 heterocycles. The molecule has 2 aromatic rings. The maximum absolute atomic E-state index is 13.4. The highest BCUT2D eigenvalue weighted by Crippen LogP contribution is 2.12. The summed E-state index contributed by atoms with van der Waals surface area (Å²) in [6.45, 7) is 0.380. The molecule has 0 bridgehead atoms. The molecule has 102 valence electrons. The number of nitrogens with one attached hydrogen (secondary N) is 1. The third-order valence-corrected chi connectivity index (χ3v) is 2.83. The van der Waals surface area contributed by atoms with E-state index in [4.69, 9.17) is 5.26 Å². The van der Waals surface area contributed by atoms with Gasteiger partial charge < -0.3 is 5.32 Å². The summed E-state index contributed by atoms with van der Waals surface area (Å²) >= 11 is 0. The SMILES string of the molecule is N#Cc1ccc(F)cc1CNCc1ccc(F)cc1F. The fourth-order valence-electron chi connectivity index (χ4n) is 1.81. The lowest BCUT2D eigenvalue weighted by molar-refractivity contribution is 0.559. The third kappa shape index (κ3) is 3.37. The van der Waals surface area contributed by atoms with E-state index in [1.807, 2.05) is 6.07 Å². The molecule has 0 radical (unpaired) electrons. The van der Waals surface area contributed by atoms with Gasteiger partial charge >= 0.3 is 0 Å². The molecule has 2 rings (SSSR count). The van der Waals surface area contributed by atoms with Crippen molar-refractivity contribution in [2.75, 3.05) is 0 Å². The summed E-state index contributed by atoms with van der Waals surface area (Å²) < 4.78 is 39.2. The van der Waals surface area contributed by atoms with Crippen LogP contribution in [0.25, 0.3) is 0 Å². The van der Waals surface area contributed by atoms with Crippen molar-refractivity contribution >= 4 is 0 Å². The quantitative estimate of drug-likeness (QED) is 0.930. The van der Waals surface area contributed by atoms with Crippen molar-refractivity contribution < 1.29 is 13.2 Å². The van der Waals surface area contributed by atoms with Gasteiger partial charge in [0.15, 0.2) is 0 Å². The molecule has 0 atom stereocenters. The van der Waals surface area contributed by atoms with E-state index >= 15 is 0 Å². The van der Waals surface area contributed by atoms with Crippen LogP contribution in [0.3, 0.4) is 0 Å². The first-order valence-corrected chi connectivity index (χ1v) is 5.93. The Hall–Kier alpha value is -2.32. The van der Waals surface area contributed by atoms with Crippen LogP contribution in [0.4, 0.5) is 13.2 Å². The van der Waals surface area contributed by atoms with Crippen LogP contribution in [0.15, 0.2) is 36.4 Å². The Kier molecular flexibility index (Phi) is 4.38. The van der Waals surface area contributed by atoms with Gasteiger partial charge in [-0.15, -0.1) is 0 Å². The molecular formula is C15H11F3N2. The highest BCUT2D eigenvalue weighted by molar-refractivity contribution is 5.37. The minimum absolute atomic E-state index is 0.160. The Morgan fingerprint density at radius 3 is 2.25 bits per heavy atom. The van der Waals surface area contributed by atoms with E-state index in [-0.39, 0.29) is 13.1 Å². The molecule has 0 spiro atoms. The molecular weight excluding hydrogens is 265 g/mol. The van der Waals surface area contributed by atoms with Gasteiger partial charge in [-0.3, -0.25) is 0 Å². The minimum atomic E-state index is -0.641. The Morgan fingerprint density at radius 1 is 0.900 bits per heavy atom. The summed E-state index contributed by atoms with van der Waals surface area (Å²) in [5, 5.41) is 11.8. The lowest BCUT2D eigenvalue weighted by Gasteiger charge is -2.08. The summed E-state index contributed by atoms with van der Waals surface area (Å²) in [6, 6.07) is 9.14. The van der Waals surface area contributed by atoms with Crippen LogP contribution in [-0.4, -0.2) is 0 Å². The zero-order valence-electron chi connectivity index (χ0n) is 10.5. The van der Waals surface area contributed by atoms with Crippen LogP contribution in [0, 0.1) is 28.8 Å². The van der Waals surface area contributed by atoms with E-state index in [1.165, 1.54) is 30.3 Å². The average Bonchev–Trinajstić information content (AvgIpc) is 2.41. The molecule has 20 heavy (non-hydrogen) atoms. The first kappa shape index (κ1) is 14.1. The minimum Gasteiger partial charge on any atom is -0.308 e. The third-order valence-electron chi connectivity index (χ3n) is 2.83. The van der Waals surface area contributed by atoms with Gasteiger partial charge in [-0.05, 0) is 29.8 Å². The van der Waals surface area contributed by atoms with Crippen molar-refractivity contribution in [2.24, 2.45) is 0 Å². The summed E-state index contributed by atoms with van der Waals surface area (Å²) in [7, 11) is 0. The standard InChI is InChI=1S/C15H11F3N2/c16-13-3-1-10(7-19)12(5-13)9-20-8-11-2-4-14(17)6-15(11)18/h1-6,20H,8-9H2. The molecule has 0 saturated carbocycles. The molecule has 5 heteroatoms. The maximum Gasteiger partial charge on any atom is 0.130 e. The fraction of sp³-hybridized carbons (Fsp3) is 0.133. The zero-order chi connectivity index (χ0) is 14.5. The lowest BCUT2D eigenvalue weighted by atomic mass is 10.1. The molecule has 0 amide bonds. The first-order chi connectivity index (χ1) is 9.60. The van der Waals surface area contributed by atoms with E-state index in [0.717, 1.165) is 6.07 Å². The monoisotopic (exact) mass is 276 g/mol. The number of nitrogens with zero attached hydrogens (tertiary/aromatic N) is 1. The molecule has 0 unspecified atom stereocenters. The molecule has 0 aliphatic rings. The van der Waals surface area contributed by atoms with Crippen LogP contribution in [0.2, 0.25) is 0 Å². The van der Waals surface area contributed by atoms with Gasteiger partial charge in [0.2, 0.25) is 0 Å². The Labute approximate surface area is 114 Å². The van der Waals surface area contributed by atoms with Crippen LogP contribution in [0.5, 0.6) is 0 Å². The van der Waals surface area contributed by atoms with Gasteiger partial charge in [0.05, 0.1) is 11.6 Å². The number of benzene rings is 2. The van der Waals surface area contributed by atoms with Gasteiger partial charge in [-0.25, -0.2) is 13.2 Å². The van der Waals surface area contributed by atoms with Crippen molar-refractivity contribution in [2.45, 2.75) is 13.1 Å². The zero-order valence-corrected chi connectivity index (χ0v) is 10.5. The van der Waals surface area contributed by atoms with Crippen LogP contribution >= 0.6 is 0 Å². The average molecular weight is 276 g/mol. The molecule has 0 saturated heterocycles. The van der Waals surface area contributed by atoms with E-state index in [1.54, 1.807) is 0 Å². The fourth-order valence-corrected chi connectivity index (χ4v) is 1.81. The number of hydrogen-bond donors (Lipinski definition) is 1. The lowest BCUT2D eigenvalue weighted by Crippen LogP contribution is -2.15. The predicted octanol–water partition coefficient (Wildman–Crippen LogP) is 3.27. The number of nitriles is 1. The van der Waals surface area contributed by atoms with Crippen molar-refractivity contribution in [1.82, 2.24) is 5.32 Å². The van der Waals surface area contributed by atoms with Crippen LogP contribution < -0.4 is 5.32 Å². The molecule has 0 aliphatic carbocycles. The predicted molar refractivity (Wildman–Crippen MR) is 68.0 cm³/mol. The normalized spacial score (nSPS) is 10.3. The molecule has 2 aromatic carbocycles. The van der Waals surface area contributed by atoms with Crippen LogP contribution in [0.1, 0.15) is 16.7 Å². The molecule has 1 N–H and O–H groups in total. The van der Waals surface area contributed by atoms with E-state index < -0.39 is 17.5 Å². The summed E-state index contributed by atoms with van der Waals surface area (Å²) in [6.07, 6.45) is 0. The van der Waals surface area contributed by atoms with E-state index in [0.29, 0.717) is 16.7 Å². The first-order valence-electron chi connectivity index (χ1n) is 5.93. The summed E-state index contributed by atoms with van der Waals surface area (Å²) in [5.41, 5.74) is 1.16. The molecule has 2 nitrogen and oxygen atoms in total. The van der Waals surface area contributed by atoms with Crippen molar-refractivity contribution in [1.29, 1.82) is 5.26 Å². The van der Waals surface area contributed by atoms with Crippen LogP contribution in [-0.2, 0) is 13.1 Å². The topological polar surface area (TPSA) is 35.8 Å². The van der Waals surface area contributed by atoms with Gasteiger partial charge in [0.1, 0.15) is 17.5 Å². The molecule has 0 fully saturated rings. The van der Waals surface area contributed by atoms with E-state index in [2.05, 4.69) is 5.32 Å². The van der Waals surface area contributed by atoms with Gasteiger partial charge in [-0.2, -0.15) is 5.26 Å². The Balaban J connectivity index is 2.03. The number of halogens is 3. The summed E-state index contributed by atoms with van der Waals surface area (Å²) in [5.74, 6) is -1.71. The maximum atomic E-state index is 13.4. The second-order valence-corrected chi connectivity index (χ2v) is 4.25. The van der Waals surface area contributed by atoms with Gasteiger partial charge in [0.25, 0.3) is 0 Å². The molecule has 0 aliphatic heterocycles. The second kappa shape index (κ2) is 6.22. The highest BCUT2D eigenvalue weighted by atomic mass is 19.1. The Bertz CT molecular complexity index is 663. The number of hydrogen-bond acceptors (Lipinski definition) is 2. The van der Waals surface area contributed by atoms with Crippen molar-refractivity contribution in [3.63, 3.8) is 0 Å². The molecule has 0 aromatic heterocycles. The second-order valence-electron chi connectivity index (χ2n) is 4.25. The van der Waals surface area contributed by atoms with Gasteiger partial charge in [-0.1, -0.05) is 6.07 Å². The smallest absolute Gasteiger partial charge is 0.130 e.